The molecule has 0 aromatic carbocycles. The van der Waals surface area contributed by atoms with Crippen LogP contribution in [0.2, 0.25) is 0 Å². The van der Waals surface area contributed by atoms with Gasteiger partial charge in [-0.2, -0.15) is 0 Å². The highest BCUT2D eigenvalue weighted by molar-refractivity contribution is 7.91. The Morgan fingerprint density at radius 3 is 2.63 bits per heavy atom. The topological polar surface area (TPSA) is 69.6 Å². The molecule has 0 saturated carbocycles. The molecule has 0 aliphatic carbocycles. The van der Waals surface area contributed by atoms with E-state index in [9.17, 15) is 13.5 Å². The van der Waals surface area contributed by atoms with Crippen molar-refractivity contribution in [2.45, 2.75) is 57.3 Å². The van der Waals surface area contributed by atoms with Crippen LogP contribution in [0.4, 0.5) is 0 Å². The average molecular weight is 290 g/mol. The van der Waals surface area contributed by atoms with Crippen LogP contribution >= 0.6 is 0 Å². The molecule has 0 radical (unpaired) electrons. The van der Waals surface area contributed by atoms with Crippen LogP contribution < -0.4 is 5.32 Å². The molecule has 2 aliphatic rings. The molecule has 2 fully saturated rings. The smallest absolute Gasteiger partial charge is 0.154 e. The fraction of sp³-hybridized carbons (Fsp3) is 1.00. The minimum absolute atomic E-state index is 0.0709. The molecule has 0 aromatic heterocycles. The number of rotatable bonds is 4. The van der Waals surface area contributed by atoms with Gasteiger partial charge in [-0.05, 0) is 19.4 Å². The van der Waals surface area contributed by atoms with Crippen LogP contribution in [0.3, 0.4) is 0 Å². The van der Waals surface area contributed by atoms with Gasteiger partial charge < -0.3 is 10.4 Å². The lowest BCUT2D eigenvalue weighted by molar-refractivity contribution is 0.0341. The minimum Gasteiger partial charge on any atom is -0.390 e. The second-order valence-electron chi connectivity index (χ2n) is 6.16. The Morgan fingerprint density at radius 1 is 1.32 bits per heavy atom. The van der Waals surface area contributed by atoms with Gasteiger partial charge in [0.15, 0.2) is 9.84 Å². The van der Waals surface area contributed by atoms with Crippen molar-refractivity contribution in [1.29, 1.82) is 0 Å². The Labute approximate surface area is 116 Å². The predicted molar refractivity (Wildman–Crippen MR) is 75.9 cm³/mol. The highest BCUT2D eigenvalue weighted by Crippen LogP contribution is 2.26. The Morgan fingerprint density at radius 2 is 2.05 bits per heavy atom. The summed E-state index contributed by atoms with van der Waals surface area (Å²) in [7, 11) is -3.06. The van der Waals surface area contributed by atoms with Gasteiger partial charge in [0.25, 0.3) is 0 Å². The molecule has 0 amide bonds. The van der Waals surface area contributed by atoms with Crippen LogP contribution in [-0.2, 0) is 9.84 Å². The molecule has 0 aromatic rings. The molecule has 19 heavy (non-hydrogen) atoms. The van der Waals surface area contributed by atoms with E-state index in [-0.39, 0.29) is 17.5 Å². The van der Waals surface area contributed by atoms with E-state index in [0.717, 1.165) is 25.9 Å². The first-order chi connectivity index (χ1) is 8.89. The third kappa shape index (κ3) is 3.90. The van der Waals surface area contributed by atoms with Crippen molar-refractivity contribution in [1.82, 2.24) is 10.2 Å². The van der Waals surface area contributed by atoms with E-state index >= 15 is 0 Å². The van der Waals surface area contributed by atoms with Crippen LogP contribution in [0.25, 0.3) is 0 Å². The summed E-state index contributed by atoms with van der Waals surface area (Å²) < 4.78 is 23.3. The summed E-state index contributed by atoms with van der Waals surface area (Å²) in [5, 5.41) is 13.5. The molecular weight excluding hydrogens is 264 g/mol. The van der Waals surface area contributed by atoms with Crippen molar-refractivity contribution in [3.05, 3.63) is 0 Å². The number of nitrogens with zero attached hydrogens (tertiary/aromatic N) is 1. The van der Waals surface area contributed by atoms with Gasteiger partial charge in [-0.1, -0.05) is 20.3 Å². The summed E-state index contributed by atoms with van der Waals surface area (Å²) in [4.78, 5) is 2.23. The monoisotopic (exact) mass is 290 g/mol. The van der Waals surface area contributed by atoms with E-state index < -0.39 is 15.9 Å². The first-order valence-electron chi connectivity index (χ1n) is 7.26. The summed E-state index contributed by atoms with van der Waals surface area (Å²) in [6.45, 7) is 6.01. The van der Waals surface area contributed by atoms with E-state index in [4.69, 9.17) is 0 Å². The van der Waals surface area contributed by atoms with Gasteiger partial charge in [-0.25, -0.2) is 8.42 Å². The molecule has 0 bridgehead atoms. The van der Waals surface area contributed by atoms with Crippen LogP contribution in [0, 0.1) is 0 Å². The number of aliphatic hydroxyl groups excluding tert-OH is 1. The quantitative estimate of drug-likeness (QED) is 0.762. The minimum atomic E-state index is -3.06. The number of likely N-dealkylation sites (tertiary alicyclic amines) is 1. The zero-order valence-electron chi connectivity index (χ0n) is 11.9. The van der Waals surface area contributed by atoms with Crippen molar-refractivity contribution in [2.24, 2.45) is 0 Å². The molecule has 3 atom stereocenters. The molecule has 5 nitrogen and oxygen atoms in total. The summed E-state index contributed by atoms with van der Waals surface area (Å²) in [5.74, 6) is 0.0465. The largest absolute Gasteiger partial charge is 0.390 e. The average Bonchev–Trinajstić information content (AvgIpc) is 2.60. The molecule has 2 aliphatic heterocycles. The number of hydrogen-bond donors (Lipinski definition) is 2. The van der Waals surface area contributed by atoms with E-state index in [2.05, 4.69) is 24.1 Å². The lowest BCUT2D eigenvalue weighted by atomic mass is 9.98. The summed E-state index contributed by atoms with van der Waals surface area (Å²) in [6, 6.07) is 0.578. The van der Waals surface area contributed by atoms with Gasteiger partial charge in [0.05, 0.1) is 23.7 Å². The van der Waals surface area contributed by atoms with Gasteiger partial charge >= 0.3 is 0 Å². The summed E-state index contributed by atoms with van der Waals surface area (Å²) >= 11 is 0. The number of nitrogens with one attached hydrogen (secondary N) is 1. The van der Waals surface area contributed by atoms with Gasteiger partial charge in [-0.15, -0.1) is 0 Å². The lowest BCUT2D eigenvalue weighted by Crippen LogP contribution is -2.54. The fourth-order valence-corrected chi connectivity index (χ4v) is 4.99. The molecule has 6 heteroatoms. The van der Waals surface area contributed by atoms with Crippen LogP contribution in [0.1, 0.15) is 33.1 Å². The first kappa shape index (κ1) is 15.2. The van der Waals surface area contributed by atoms with Gasteiger partial charge in [0, 0.05) is 18.6 Å². The summed E-state index contributed by atoms with van der Waals surface area (Å²) in [5.41, 5.74) is 0. The maximum Gasteiger partial charge on any atom is 0.154 e. The van der Waals surface area contributed by atoms with E-state index in [1.165, 1.54) is 6.42 Å². The second kappa shape index (κ2) is 6.08. The van der Waals surface area contributed by atoms with Crippen LogP contribution in [-0.4, -0.2) is 67.2 Å². The van der Waals surface area contributed by atoms with Gasteiger partial charge in [0.2, 0.25) is 0 Å². The van der Waals surface area contributed by atoms with Crippen molar-refractivity contribution >= 4 is 9.84 Å². The van der Waals surface area contributed by atoms with Gasteiger partial charge in [-0.3, -0.25) is 4.90 Å². The Balaban J connectivity index is 2.03. The van der Waals surface area contributed by atoms with E-state index in [0.29, 0.717) is 12.1 Å². The normalized spacial score (nSPS) is 35.9. The Kier molecular flexibility index (Phi) is 4.87. The molecular formula is C13H26N2O3S. The van der Waals surface area contributed by atoms with Gasteiger partial charge in [0.1, 0.15) is 0 Å². The third-order valence-corrected chi connectivity index (χ3v) is 5.85. The summed E-state index contributed by atoms with van der Waals surface area (Å²) in [6.07, 6.45) is 2.66. The van der Waals surface area contributed by atoms with Crippen LogP contribution in [0.15, 0.2) is 0 Å². The molecule has 2 N–H and O–H groups in total. The highest BCUT2D eigenvalue weighted by atomic mass is 32.2. The van der Waals surface area contributed by atoms with Crippen molar-refractivity contribution in [3.8, 4) is 0 Å². The predicted octanol–water partition coefficient (Wildman–Crippen LogP) is -0.00320. The fourth-order valence-electron chi connectivity index (χ4n) is 3.18. The molecule has 2 heterocycles. The van der Waals surface area contributed by atoms with Crippen LogP contribution in [0.5, 0.6) is 0 Å². The first-order valence-corrected chi connectivity index (χ1v) is 9.09. The standard InChI is InChI=1S/C13H26N2O3S/c1-10(2)14-7-11-5-3-4-6-15(11)12-8-19(17,18)9-13(12)16/h10-14,16H,3-9H2,1-2H3. The molecule has 2 rings (SSSR count). The van der Waals surface area contributed by atoms with E-state index in [1.807, 2.05) is 0 Å². The van der Waals surface area contributed by atoms with Crippen molar-refractivity contribution < 1.29 is 13.5 Å². The molecule has 3 unspecified atom stereocenters. The highest BCUT2D eigenvalue weighted by Gasteiger charge is 2.42. The third-order valence-electron chi connectivity index (χ3n) is 4.15. The Hall–Kier alpha value is -0.170. The zero-order valence-corrected chi connectivity index (χ0v) is 12.7. The van der Waals surface area contributed by atoms with Crippen molar-refractivity contribution in [2.75, 3.05) is 24.6 Å². The Bertz CT molecular complexity index is 397. The number of sulfone groups is 1. The number of piperidine rings is 1. The SMILES string of the molecule is CC(C)NCC1CCCCN1C1CS(=O)(=O)CC1O. The zero-order chi connectivity index (χ0) is 14.0. The maximum atomic E-state index is 11.7. The second-order valence-corrected chi connectivity index (χ2v) is 8.32. The molecule has 0 spiro atoms. The maximum absolute atomic E-state index is 11.7. The molecule has 112 valence electrons. The number of aliphatic hydroxyl groups is 1. The molecule has 2 saturated heterocycles. The van der Waals surface area contributed by atoms with Crippen molar-refractivity contribution in [3.63, 3.8) is 0 Å². The van der Waals surface area contributed by atoms with E-state index in [1.54, 1.807) is 0 Å². The number of hydrogen-bond acceptors (Lipinski definition) is 5. The lowest BCUT2D eigenvalue weighted by Gasteiger charge is -2.41.